The number of fused-ring (bicyclic) bond motifs is 1. The molecule has 0 aliphatic carbocycles. The normalized spacial score (nSPS) is 11.0. The van der Waals surface area contributed by atoms with E-state index in [-0.39, 0.29) is 11.6 Å². The van der Waals surface area contributed by atoms with Crippen molar-refractivity contribution in [1.82, 2.24) is 9.38 Å². The van der Waals surface area contributed by atoms with Crippen molar-refractivity contribution in [3.63, 3.8) is 0 Å². The molecule has 0 aliphatic rings. The molecule has 0 radical (unpaired) electrons. The van der Waals surface area contributed by atoms with Gasteiger partial charge in [-0.25, -0.2) is 13.8 Å². The van der Waals surface area contributed by atoms with Crippen LogP contribution in [-0.2, 0) is 0 Å². The van der Waals surface area contributed by atoms with Crippen molar-refractivity contribution in [1.29, 1.82) is 0 Å². The molecular weight excluding hydrogens is 320 g/mol. The second kappa shape index (κ2) is 6.02. The molecule has 3 nitrogen and oxygen atoms in total. The van der Waals surface area contributed by atoms with E-state index in [0.29, 0.717) is 28.4 Å². The van der Waals surface area contributed by atoms with Gasteiger partial charge < -0.3 is 5.32 Å². The van der Waals surface area contributed by atoms with Gasteiger partial charge in [-0.2, -0.15) is 0 Å². The number of nitrogens with zero attached hydrogens (tertiary/aromatic N) is 2. The van der Waals surface area contributed by atoms with Crippen molar-refractivity contribution in [2.24, 2.45) is 0 Å². The summed E-state index contributed by atoms with van der Waals surface area (Å²) in [7, 11) is 0. The summed E-state index contributed by atoms with van der Waals surface area (Å²) in [6.07, 6.45) is 0. The van der Waals surface area contributed by atoms with E-state index in [9.17, 15) is 8.78 Å². The fourth-order valence-electron chi connectivity index (χ4n) is 2.88. The summed E-state index contributed by atoms with van der Waals surface area (Å²) in [4.78, 5) is 4.60. The van der Waals surface area contributed by atoms with Gasteiger partial charge in [0, 0.05) is 16.9 Å². The second-order valence-electron chi connectivity index (χ2n) is 5.78. The molecule has 1 N–H and O–H groups in total. The fraction of sp³-hybridized carbons (Fsp3) is 0.0500. The average Bonchev–Trinajstić information content (AvgIpc) is 2.97. The Bertz CT molecular complexity index is 1050. The van der Waals surface area contributed by atoms with Crippen LogP contribution in [0.3, 0.4) is 0 Å². The lowest BCUT2D eigenvalue weighted by Crippen LogP contribution is -2.00. The van der Waals surface area contributed by atoms with Crippen LogP contribution in [0, 0.1) is 18.6 Å². The van der Waals surface area contributed by atoms with E-state index in [1.807, 2.05) is 29.5 Å². The third-order valence-corrected chi connectivity index (χ3v) is 4.07. The number of rotatable bonds is 3. The van der Waals surface area contributed by atoms with Crippen molar-refractivity contribution in [2.45, 2.75) is 6.92 Å². The number of hydrogen-bond acceptors (Lipinski definition) is 2. The van der Waals surface area contributed by atoms with E-state index in [1.54, 1.807) is 30.3 Å². The first-order valence-corrected chi connectivity index (χ1v) is 7.89. The Kier molecular flexibility index (Phi) is 3.69. The van der Waals surface area contributed by atoms with Gasteiger partial charge in [-0.3, -0.25) is 4.40 Å². The van der Waals surface area contributed by atoms with Crippen LogP contribution in [0.25, 0.3) is 16.9 Å². The monoisotopic (exact) mass is 335 g/mol. The summed E-state index contributed by atoms with van der Waals surface area (Å²) in [6, 6.07) is 18.3. The third-order valence-electron chi connectivity index (χ3n) is 4.07. The van der Waals surface area contributed by atoms with Gasteiger partial charge in [0.05, 0.1) is 0 Å². The molecule has 4 rings (SSSR count). The number of aryl methyl sites for hydroxylation is 1. The van der Waals surface area contributed by atoms with Crippen molar-refractivity contribution >= 4 is 17.2 Å². The van der Waals surface area contributed by atoms with E-state index >= 15 is 0 Å². The summed E-state index contributed by atoms with van der Waals surface area (Å²) >= 11 is 0. The molecule has 25 heavy (non-hydrogen) atoms. The van der Waals surface area contributed by atoms with E-state index in [0.717, 1.165) is 5.69 Å². The lowest BCUT2D eigenvalue weighted by atomic mass is 10.1. The van der Waals surface area contributed by atoms with Crippen molar-refractivity contribution in [3.05, 3.63) is 84.1 Å². The van der Waals surface area contributed by atoms with E-state index in [1.165, 1.54) is 18.2 Å². The van der Waals surface area contributed by atoms with Crippen LogP contribution < -0.4 is 5.32 Å². The topological polar surface area (TPSA) is 29.3 Å². The number of hydrogen-bond donors (Lipinski definition) is 1. The zero-order valence-electron chi connectivity index (χ0n) is 13.5. The van der Waals surface area contributed by atoms with Gasteiger partial charge in [-0.1, -0.05) is 18.2 Å². The summed E-state index contributed by atoms with van der Waals surface area (Å²) in [5.74, 6) is -0.00952. The predicted molar refractivity (Wildman–Crippen MR) is 95.0 cm³/mol. The molecule has 0 bridgehead atoms. The average molecular weight is 335 g/mol. The Morgan fingerprint density at radius 3 is 2.40 bits per heavy atom. The molecule has 0 saturated heterocycles. The molecule has 5 heteroatoms. The maximum atomic E-state index is 14.3. The molecule has 0 spiro atoms. The number of aromatic nitrogens is 2. The molecule has 0 saturated carbocycles. The first-order chi connectivity index (χ1) is 12.1. The molecule has 2 aromatic carbocycles. The first-order valence-electron chi connectivity index (χ1n) is 7.89. The predicted octanol–water partition coefficient (Wildman–Crippen LogP) is 5.33. The number of pyridine rings is 1. The third kappa shape index (κ3) is 2.74. The van der Waals surface area contributed by atoms with Crippen LogP contribution in [0.5, 0.6) is 0 Å². The molecule has 4 aromatic rings. The molecule has 0 fully saturated rings. The van der Waals surface area contributed by atoms with Gasteiger partial charge in [0.2, 0.25) is 0 Å². The molecule has 0 aliphatic heterocycles. The Morgan fingerprint density at radius 1 is 0.880 bits per heavy atom. The van der Waals surface area contributed by atoms with E-state index < -0.39 is 0 Å². The lowest BCUT2D eigenvalue weighted by molar-refractivity contribution is 0.628. The number of imidazole rings is 1. The minimum absolute atomic E-state index is 0.311. The first kappa shape index (κ1) is 15.3. The summed E-state index contributed by atoms with van der Waals surface area (Å²) < 4.78 is 29.5. The standard InChI is InChI=1S/C20H15F2N3/c1-13-5-4-8-18-24-19(16-6-2-3-7-17(16)22)20(25(13)18)23-15-11-9-14(21)10-12-15/h2-12,23H,1H3. The minimum Gasteiger partial charge on any atom is -0.339 e. The highest BCUT2D eigenvalue weighted by atomic mass is 19.1. The quantitative estimate of drug-likeness (QED) is 0.548. The van der Waals surface area contributed by atoms with E-state index in [4.69, 9.17) is 0 Å². The van der Waals surface area contributed by atoms with Gasteiger partial charge in [0.25, 0.3) is 0 Å². The van der Waals surface area contributed by atoms with Crippen LogP contribution in [0.15, 0.2) is 66.7 Å². The van der Waals surface area contributed by atoms with Gasteiger partial charge in [0.1, 0.15) is 28.8 Å². The largest absolute Gasteiger partial charge is 0.339 e. The highest BCUT2D eigenvalue weighted by molar-refractivity contribution is 5.80. The van der Waals surface area contributed by atoms with Gasteiger partial charge in [-0.05, 0) is 55.5 Å². The van der Waals surface area contributed by atoms with Crippen LogP contribution in [0.1, 0.15) is 5.69 Å². The van der Waals surface area contributed by atoms with Gasteiger partial charge >= 0.3 is 0 Å². The van der Waals surface area contributed by atoms with Crippen molar-refractivity contribution in [2.75, 3.05) is 5.32 Å². The lowest BCUT2D eigenvalue weighted by Gasteiger charge is -2.11. The molecule has 2 aromatic heterocycles. The van der Waals surface area contributed by atoms with Crippen LogP contribution in [-0.4, -0.2) is 9.38 Å². The molecule has 124 valence electrons. The molecule has 0 amide bonds. The van der Waals surface area contributed by atoms with Gasteiger partial charge in [-0.15, -0.1) is 0 Å². The maximum absolute atomic E-state index is 14.3. The summed E-state index contributed by atoms with van der Waals surface area (Å²) in [5, 5.41) is 3.26. The molecule has 2 heterocycles. The maximum Gasteiger partial charge on any atom is 0.143 e. The number of nitrogens with one attached hydrogen (secondary N) is 1. The van der Waals surface area contributed by atoms with Crippen LogP contribution in [0.2, 0.25) is 0 Å². The summed E-state index contributed by atoms with van der Waals surface area (Å²) in [6.45, 7) is 1.95. The minimum atomic E-state index is -0.342. The highest BCUT2D eigenvalue weighted by Crippen LogP contribution is 2.33. The fourth-order valence-corrected chi connectivity index (χ4v) is 2.88. The Morgan fingerprint density at radius 2 is 1.64 bits per heavy atom. The molecular formula is C20H15F2N3. The molecule has 0 unspecified atom stereocenters. The van der Waals surface area contributed by atoms with Crippen molar-refractivity contribution < 1.29 is 8.78 Å². The van der Waals surface area contributed by atoms with Crippen LogP contribution in [0.4, 0.5) is 20.3 Å². The Balaban J connectivity index is 1.95. The number of halogens is 2. The highest BCUT2D eigenvalue weighted by Gasteiger charge is 2.18. The van der Waals surface area contributed by atoms with Gasteiger partial charge in [0.15, 0.2) is 0 Å². The zero-order valence-corrected chi connectivity index (χ0v) is 13.5. The Hall–Kier alpha value is -3.21. The SMILES string of the molecule is Cc1cccc2nc(-c3ccccc3F)c(Nc3ccc(F)cc3)n12. The second-order valence-corrected chi connectivity index (χ2v) is 5.78. The summed E-state index contributed by atoms with van der Waals surface area (Å²) in [5.41, 5.74) is 3.29. The molecule has 0 atom stereocenters. The number of anilines is 2. The number of benzene rings is 2. The van der Waals surface area contributed by atoms with Crippen molar-refractivity contribution in [3.8, 4) is 11.3 Å². The van der Waals surface area contributed by atoms with E-state index in [2.05, 4.69) is 10.3 Å². The smallest absolute Gasteiger partial charge is 0.143 e. The Labute approximate surface area is 143 Å². The van der Waals surface area contributed by atoms with Crippen LogP contribution >= 0.6 is 0 Å². The zero-order chi connectivity index (χ0) is 17.4.